The largest absolute Gasteiger partial charge is 0.480 e. The van der Waals surface area contributed by atoms with Gasteiger partial charge in [0.15, 0.2) is 5.16 Å². The Hall–Kier alpha value is -1.57. The fraction of sp³-hybridized carbons (Fsp3) is 0.600. The molecule has 0 bridgehead atoms. The van der Waals surface area contributed by atoms with Crippen molar-refractivity contribution in [3.8, 4) is 0 Å². The number of carboxylic acids is 1. The summed E-state index contributed by atoms with van der Waals surface area (Å²) >= 11 is 1.23. The summed E-state index contributed by atoms with van der Waals surface area (Å²) in [5, 5.41) is 19.3. The molecular weight excluding hydrogens is 256 g/mol. The maximum Gasteiger partial charge on any atom is 0.325 e. The molecule has 0 radical (unpaired) electrons. The molecular formula is C10H16N4O3S. The van der Waals surface area contributed by atoms with Crippen LogP contribution in [0.3, 0.4) is 0 Å². The van der Waals surface area contributed by atoms with Gasteiger partial charge in [-0.15, -0.1) is 10.2 Å². The number of aliphatic carboxylic acids is 1. The summed E-state index contributed by atoms with van der Waals surface area (Å²) in [6.07, 6.45) is 1.60. The van der Waals surface area contributed by atoms with Crippen LogP contribution in [0.4, 0.5) is 0 Å². The van der Waals surface area contributed by atoms with Gasteiger partial charge in [0.25, 0.3) is 0 Å². The summed E-state index contributed by atoms with van der Waals surface area (Å²) in [4.78, 5) is 22.0. The molecule has 0 aliphatic carbocycles. The van der Waals surface area contributed by atoms with Gasteiger partial charge >= 0.3 is 5.97 Å². The molecule has 0 fully saturated rings. The molecule has 0 saturated carbocycles. The van der Waals surface area contributed by atoms with Crippen LogP contribution in [0.15, 0.2) is 11.5 Å². The minimum Gasteiger partial charge on any atom is -0.480 e. The third-order valence-electron chi connectivity index (χ3n) is 2.18. The first kappa shape index (κ1) is 14.5. The third-order valence-corrected chi connectivity index (χ3v) is 3.13. The van der Waals surface area contributed by atoms with Crippen molar-refractivity contribution in [3.05, 3.63) is 6.33 Å². The average molecular weight is 272 g/mol. The highest BCUT2D eigenvalue weighted by Crippen LogP contribution is 2.18. The summed E-state index contributed by atoms with van der Waals surface area (Å²) in [6, 6.07) is -0.676. The van der Waals surface area contributed by atoms with Gasteiger partial charge in [-0.05, 0) is 20.8 Å². The second kappa shape index (κ2) is 6.39. The second-order valence-corrected chi connectivity index (χ2v) is 4.97. The molecule has 1 amide bonds. The van der Waals surface area contributed by atoms with Crippen LogP contribution in [0, 0.1) is 0 Å². The number of carbonyl (C=O) groups is 2. The highest BCUT2D eigenvalue weighted by atomic mass is 32.2. The summed E-state index contributed by atoms with van der Waals surface area (Å²) in [5.74, 6) is -1.28. The van der Waals surface area contributed by atoms with Crippen molar-refractivity contribution in [3.63, 3.8) is 0 Å². The number of aromatic nitrogens is 3. The lowest BCUT2D eigenvalue weighted by atomic mass is 10.3. The van der Waals surface area contributed by atoms with Crippen LogP contribution >= 0.6 is 11.8 Å². The molecule has 1 heterocycles. The second-order valence-electron chi connectivity index (χ2n) is 4.03. The Kier molecular flexibility index (Phi) is 5.14. The van der Waals surface area contributed by atoms with Gasteiger partial charge in [0.2, 0.25) is 5.91 Å². The molecule has 0 unspecified atom stereocenters. The first-order chi connectivity index (χ1) is 8.41. The quantitative estimate of drug-likeness (QED) is 0.734. The van der Waals surface area contributed by atoms with Gasteiger partial charge in [-0.2, -0.15) is 0 Å². The molecule has 100 valence electrons. The van der Waals surface area contributed by atoms with Crippen LogP contribution in [-0.2, 0) is 9.59 Å². The predicted octanol–water partition coefficient (Wildman–Crippen LogP) is 0.540. The van der Waals surface area contributed by atoms with E-state index in [9.17, 15) is 9.59 Å². The van der Waals surface area contributed by atoms with Gasteiger partial charge in [0.05, 0.1) is 5.75 Å². The minimum absolute atomic E-state index is 0.114. The molecule has 2 N–H and O–H groups in total. The topological polar surface area (TPSA) is 97.1 Å². The van der Waals surface area contributed by atoms with E-state index >= 15 is 0 Å². The molecule has 0 aliphatic rings. The summed E-state index contributed by atoms with van der Waals surface area (Å²) in [7, 11) is 0. The Morgan fingerprint density at radius 2 is 2.17 bits per heavy atom. The predicted molar refractivity (Wildman–Crippen MR) is 66.4 cm³/mol. The van der Waals surface area contributed by atoms with Crippen LogP contribution in [-0.4, -0.2) is 43.5 Å². The van der Waals surface area contributed by atoms with Crippen molar-refractivity contribution < 1.29 is 14.7 Å². The van der Waals surface area contributed by atoms with Crippen LogP contribution in [0.5, 0.6) is 0 Å². The number of rotatable bonds is 6. The summed E-state index contributed by atoms with van der Waals surface area (Å²) in [5.41, 5.74) is 0. The third kappa shape index (κ3) is 4.02. The molecule has 0 aliphatic heterocycles. The number of amides is 1. The van der Waals surface area contributed by atoms with Crippen LogP contribution < -0.4 is 5.32 Å². The zero-order chi connectivity index (χ0) is 13.7. The van der Waals surface area contributed by atoms with E-state index < -0.39 is 12.0 Å². The minimum atomic E-state index is -1.06. The van der Waals surface area contributed by atoms with Gasteiger partial charge in [0.1, 0.15) is 12.4 Å². The zero-order valence-electron chi connectivity index (χ0n) is 10.5. The number of hydrogen-bond donors (Lipinski definition) is 2. The van der Waals surface area contributed by atoms with Gasteiger partial charge in [-0.3, -0.25) is 9.59 Å². The molecule has 18 heavy (non-hydrogen) atoms. The van der Waals surface area contributed by atoms with Gasteiger partial charge in [0, 0.05) is 6.04 Å². The summed E-state index contributed by atoms with van der Waals surface area (Å²) in [6.45, 7) is 5.39. The van der Waals surface area contributed by atoms with Crippen LogP contribution in [0.1, 0.15) is 26.8 Å². The molecule has 7 nitrogen and oxygen atoms in total. The zero-order valence-corrected chi connectivity index (χ0v) is 11.3. The Morgan fingerprint density at radius 3 is 2.72 bits per heavy atom. The van der Waals surface area contributed by atoms with E-state index in [1.165, 1.54) is 18.7 Å². The van der Waals surface area contributed by atoms with Crippen LogP contribution in [0.2, 0.25) is 0 Å². The summed E-state index contributed by atoms with van der Waals surface area (Å²) < 4.78 is 1.85. The highest BCUT2D eigenvalue weighted by Gasteiger charge is 2.15. The average Bonchev–Trinajstić information content (AvgIpc) is 2.74. The molecule has 8 heteroatoms. The lowest BCUT2D eigenvalue weighted by molar-refractivity contribution is -0.140. The number of hydrogen-bond acceptors (Lipinski definition) is 5. The fourth-order valence-electron chi connectivity index (χ4n) is 1.16. The number of nitrogens with zero attached hydrogens (tertiary/aromatic N) is 3. The van der Waals surface area contributed by atoms with E-state index in [2.05, 4.69) is 15.5 Å². The molecule has 0 aromatic carbocycles. The van der Waals surface area contributed by atoms with E-state index in [4.69, 9.17) is 5.11 Å². The first-order valence-electron chi connectivity index (χ1n) is 5.46. The van der Waals surface area contributed by atoms with Crippen molar-refractivity contribution >= 4 is 23.6 Å². The van der Waals surface area contributed by atoms with E-state index in [0.717, 1.165) is 0 Å². The van der Waals surface area contributed by atoms with E-state index in [0.29, 0.717) is 5.16 Å². The highest BCUT2D eigenvalue weighted by molar-refractivity contribution is 7.99. The maximum absolute atomic E-state index is 11.5. The number of nitrogens with one attached hydrogen (secondary N) is 1. The first-order valence-corrected chi connectivity index (χ1v) is 6.45. The van der Waals surface area contributed by atoms with Crippen molar-refractivity contribution in [2.24, 2.45) is 0 Å². The maximum atomic E-state index is 11.5. The Labute approximate surface area is 109 Å². The number of carbonyl (C=O) groups excluding carboxylic acids is 1. The lowest BCUT2D eigenvalue weighted by Crippen LogP contribution is -2.39. The number of carboxylic acid groups (broad SMARTS) is 1. The Morgan fingerprint density at radius 1 is 1.50 bits per heavy atom. The molecule has 0 saturated heterocycles. The standard InChI is InChI=1S/C10H16N4O3S/c1-6(2)14-5-11-13-10(14)18-4-8(15)12-7(3)9(16)17/h5-7H,4H2,1-3H3,(H,12,15)(H,16,17)/t7-/m1/s1. The molecule has 0 spiro atoms. The molecule has 1 rings (SSSR count). The number of thioether (sulfide) groups is 1. The fourth-order valence-corrected chi connectivity index (χ4v) is 2.02. The van der Waals surface area contributed by atoms with Gasteiger partial charge in [-0.25, -0.2) is 0 Å². The Balaban J connectivity index is 2.47. The monoisotopic (exact) mass is 272 g/mol. The Bertz CT molecular complexity index is 433. The molecule has 1 atom stereocenters. The smallest absolute Gasteiger partial charge is 0.325 e. The van der Waals surface area contributed by atoms with Crippen molar-refractivity contribution in [2.75, 3.05) is 5.75 Å². The van der Waals surface area contributed by atoms with E-state index in [1.807, 2.05) is 18.4 Å². The molecule has 1 aromatic heterocycles. The lowest BCUT2D eigenvalue weighted by Gasteiger charge is -2.10. The normalized spacial score (nSPS) is 12.4. The van der Waals surface area contributed by atoms with Gasteiger partial charge < -0.3 is 15.0 Å². The van der Waals surface area contributed by atoms with Crippen LogP contribution in [0.25, 0.3) is 0 Å². The van der Waals surface area contributed by atoms with Crippen molar-refractivity contribution in [1.29, 1.82) is 0 Å². The van der Waals surface area contributed by atoms with Crippen molar-refractivity contribution in [2.45, 2.75) is 38.0 Å². The molecule has 1 aromatic rings. The van der Waals surface area contributed by atoms with E-state index in [-0.39, 0.29) is 17.7 Å². The van der Waals surface area contributed by atoms with Gasteiger partial charge in [-0.1, -0.05) is 11.8 Å². The van der Waals surface area contributed by atoms with E-state index in [1.54, 1.807) is 6.33 Å². The SMILES string of the molecule is CC(C)n1cnnc1SCC(=O)N[C@H](C)C(=O)O. The van der Waals surface area contributed by atoms with Crippen molar-refractivity contribution in [1.82, 2.24) is 20.1 Å².